The highest BCUT2D eigenvalue weighted by molar-refractivity contribution is 7.89. The second kappa shape index (κ2) is 7.86. The summed E-state index contributed by atoms with van der Waals surface area (Å²) >= 11 is 5.92. The number of rotatable bonds is 7. The highest BCUT2D eigenvalue weighted by atomic mass is 35.5. The molecule has 0 spiro atoms. The minimum Gasteiger partial charge on any atom is -0.261 e. The molecule has 0 aliphatic rings. The highest BCUT2D eigenvalue weighted by Gasteiger charge is 2.26. The molecule has 0 aliphatic carbocycles. The number of halogens is 2. The Morgan fingerprint density at radius 1 is 1.22 bits per heavy atom. The molecule has 0 fully saturated rings. The van der Waals surface area contributed by atoms with Crippen LogP contribution in [0.3, 0.4) is 0 Å². The zero-order valence-corrected chi connectivity index (χ0v) is 14.3. The fourth-order valence-corrected chi connectivity index (χ4v) is 4.25. The van der Waals surface area contributed by atoms with E-state index in [1.165, 1.54) is 10.4 Å². The lowest BCUT2D eigenvalue weighted by Crippen LogP contribution is -2.34. The standard InChI is InChI=1S/C16H18ClFN2O2S/c1-2-10-20(11-8-14-5-3-4-9-19-14)23(21,22)16-7-6-13(18)12-15(16)17/h3-7,9,12H,2,8,10-11H2,1H3. The molecular weight excluding hydrogens is 339 g/mol. The molecule has 0 bridgehead atoms. The largest absolute Gasteiger partial charge is 0.261 e. The van der Waals surface area contributed by atoms with Crippen LogP contribution >= 0.6 is 11.6 Å². The van der Waals surface area contributed by atoms with Crippen molar-refractivity contribution in [2.75, 3.05) is 13.1 Å². The van der Waals surface area contributed by atoms with E-state index in [4.69, 9.17) is 11.6 Å². The molecule has 0 atom stereocenters. The summed E-state index contributed by atoms with van der Waals surface area (Å²) in [5, 5.41) is -0.107. The molecule has 1 heterocycles. The van der Waals surface area contributed by atoms with Gasteiger partial charge in [-0.25, -0.2) is 12.8 Å². The van der Waals surface area contributed by atoms with Crippen molar-refractivity contribution in [1.29, 1.82) is 0 Å². The summed E-state index contributed by atoms with van der Waals surface area (Å²) in [5.74, 6) is -0.565. The van der Waals surface area contributed by atoms with Crippen molar-refractivity contribution in [2.45, 2.75) is 24.7 Å². The van der Waals surface area contributed by atoms with E-state index in [-0.39, 0.29) is 9.92 Å². The van der Waals surface area contributed by atoms with E-state index in [2.05, 4.69) is 4.98 Å². The smallest absolute Gasteiger partial charge is 0.244 e. The van der Waals surface area contributed by atoms with Gasteiger partial charge in [0, 0.05) is 31.4 Å². The van der Waals surface area contributed by atoms with Crippen LogP contribution in [-0.2, 0) is 16.4 Å². The molecular formula is C16H18ClFN2O2S. The zero-order valence-electron chi connectivity index (χ0n) is 12.7. The summed E-state index contributed by atoms with van der Waals surface area (Å²) in [4.78, 5) is 4.12. The maximum Gasteiger partial charge on any atom is 0.244 e. The molecule has 2 aromatic rings. The summed E-state index contributed by atoms with van der Waals surface area (Å²) in [7, 11) is -3.77. The van der Waals surface area contributed by atoms with E-state index in [0.717, 1.165) is 17.8 Å². The molecule has 0 unspecified atom stereocenters. The summed E-state index contributed by atoms with van der Waals surface area (Å²) in [6.45, 7) is 2.55. The molecule has 4 nitrogen and oxygen atoms in total. The maximum atomic E-state index is 13.2. The van der Waals surface area contributed by atoms with Gasteiger partial charge in [-0.3, -0.25) is 4.98 Å². The van der Waals surface area contributed by atoms with Crippen molar-refractivity contribution in [1.82, 2.24) is 9.29 Å². The lowest BCUT2D eigenvalue weighted by molar-refractivity contribution is 0.412. The molecule has 23 heavy (non-hydrogen) atoms. The summed E-state index contributed by atoms with van der Waals surface area (Å²) in [6.07, 6.45) is 2.84. The minimum atomic E-state index is -3.77. The number of sulfonamides is 1. The van der Waals surface area contributed by atoms with E-state index >= 15 is 0 Å². The number of nitrogens with zero attached hydrogens (tertiary/aromatic N) is 2. The van der Waals surface area contributed by atoms with E-state index < -0.39 is 15.8 Å². The van der Waals surface area contributed by atoms with Crippen molar-refractivity contribution in [3.8, 4) is 0 Å². The Morgan fingerprint density at radius 3 is 2.61 bits per heavy atom. The Labute approximate surface area is 141 Å². The number of benzene rings is 1. The topological polar surface area (TPSA) is 50.3 Å². The van der Waals surface area contributed by atoms with Crippen LogP contribution in [0.4, 0.5) is 4.39 Å². The van der Waals surface area contributed by atoms with Gasteiger partial charge in [-0.05, 0) is 36.8 Å². The lowest BCUT2D eigenvalue weighted by atomic mass is 10.3. The van der Waals surface area contributed by atoms with Crippen LogP contribution in [-0.4, -0.2) is 30.8 Å². The van der Waals surface area contributed by atoms with Crippen LogP contribution < -0.4 is 0 Å². The molecule has 0 aliphatic heterocycles. The second-order valence-corrected chi connectivity index (χ2v) is 7.36. The third-order valence-electron chi connectivity index (χ3n) is 3.33. The normalized spacial score (nSPS) is 11.8. The van der Waals surface area contributed by atoms with Gasteiger partial charge >= 0.3 is 0 Å². The lowest BCUT2D eigenvalue weighted by Gasteiger charge is -2.22. The Bertz CT molecular complexity index is 754. The Balaban J connectivity index is 2.24. The Morgan fingerprint density at radius 2 is 2.00 bits per heavy atom. The predicted molar refractivity (Wildman–Crippen MR) is 88.4 cm³/mol. The van der Waals surface area contributed by atoms with Crippen molar-refractivity contribution < 1.29 is 12.8 Å². The van der Waals surface area contributed by atoms with Crippen LogP contribution in [0.25, 0.3) is 0 Å². The SMILES string of the molecule is CCCN(CCc1ccccn1)S(=O)(=O)c1ccc(F)cc1Cl. The fourth-order valence-electron chi connectivity index (χ4n) is 2.21. The quantitative estimate of drug-likeness (QED) is 0.762. The molecule has 1 aromatic carbocycles. The van der Waals surface area contributed by atoms with Gasteiger partial charge in [0.15, 0.2) is 0 Å². The molecule has 0 saturated carbocycles. The Kier molecular flexibility index (Phi) is 6.10. The molecule has 7 heteroatoms. The third-order valence-corrected chi connectivity index (χ3v) is 5.71. The van der Waals surface area contributed by atoms with Gasteiger partial charge in [0.05, 0.1) is 5.02 Å². The zero-order chi connectivity index (χ0) is 16.9. The molecule has 124 valence electrons. The first-order chi connectivity index (χ1) is 10.9. The van der Waals surface area contributed by atoms with Gasteiger partial charge in [0.25, 0.3) is 0 Å². The van der Waals surface area contributed by atoms with E-state index in [1.54, 1.807) is 6.20 Å². The molecule has 0 amide bonds. The van der Waals surface area contributed by atoms with Crippen LogP contribution in [0.2, 0.25) is 5.02 Å². The van der Waals surface area contributed by atoms with Gasteiger partial charge in [0.1, 0.15) is 10.7 Å². The van der Waals surface area contributed by atoms with Crippen molar-refractivity contribution in [3.05, 3.63) is 59.1 Å². The van der Waals surface area contributed by atoms with Crippen LogP contribution in [0.1, 0.15) is 19.0 Å². The number of hydrogen-bond donors (Lipinski definition) is 0. The van der Waals surface area contributed by atoms with Gasteiger partial charge in [-0.1, -0.05) is 24.6 Å². The first-order valence-electron chi connectivity index (χ1n) is 7.30. The van der Waals surface area contributed by atoms with Gasteiger partial charge in [-0.15, -0.1) is 0 Å². The first kappa shape index (κ1) is 17.8. The van der Waals surface area contributed by atoms with Crippen molar-refractivity contribution >= 4 is 21.6 Å². The molecule has 0 radical (unpaired) electrons. The van der Waals surface area contributed by atoms with Gasteiger partial charge in [-0.2, -0.15) is 4.31 Å². The molecule has 2 rings (SSSR count). The number of hydrogen-bond acceptors (Lipinski definition) is 3. The van der Waals surface area contributed by atoms with Crippen molar-refractivity contribution in [2.24, 2.45) is 0 Å². The molecule has 0 N–H and O–H groups in total. The fraction of sp³-hybridized carbons (Fsp3) is 0.312. The third kappa shape index (κ3) is 4.50. The van der Waals surface area contributed by atoms with E-state index in [1.807, 2.05) is 25.1 Å². The number of pyridine rings is 1. The predicted octanol–water partition coefficient (Wildman–Crippen LogP) is 3.52. The molecule has 1 aromatic heterocycles. The monoisotopic (exact) mass is 356 g/mol. The number of aromatic nitrogens is 1. The highest BCUT2D eigenvalue weighted by Crippen LogP contribution is 2.25. The van der Waals surface area contributed by atoms with Crippen molar-refractivity contribution in [3.63, 3.8) is 0 Å². The average molecular weight is 357 g/mol. The van der Waals surface area contributed by atoms with Crippen LogP contribution in [0, 0.1) is 5.82 Å². The first-order valence-corrected chi connectivity index (χ1v) is 9.12. The van der Waals surface area contributed by atoms with E-state index in [0.29, 0.717) is 25.9 Å². The van der Waals surface area contributed by atoms with Gasteiger partial charge < -0.3 is 0 Å². The maximum absolute atomic E-state index is 13.2. The summed E-state index contributed by atoms with van der Waals surface area (Å²) in [6, 6.07) is 8.83. The van der Waals surface area contributed by atoms with E-state index in [9.17, 15) is 12.8 Å². The Hall–Kier alpha value is -1.50. The summed E-state index contributed by atoms with van der Waals surface area (Å²) in [5.41, 5.74) is 0.814. The van der Waals surface area contributed by atoms with Gasteiger partial charge in [0.2, 0.25) is 10.0 Å². The average Bonchev–Trinajstić information content (AvgIpc) is 2.52. The summed E-state index contributed by atoms with van der Waals surface area (Å²) < 4.78 is 40.1. The van der Waals surface area contributed by atoms with Crippen LogP contribution in [0.15, 0.2) is 47.5 Å². The van der Waals surface area contributed by atoms with Crippen LogP contribution in [0.5, 0.6) is 0 Å². The second-order valence-electron chi connectivity index (χ2n) is 5.05. The minimum absolute atomic E-state index is 0.0740. The molecule has 0 saturated heterocycles.